The molecule has 4 rings (SSSR count). The highest BCUT2D eigenvalue weighted by Gasteiger charge is 2.17. The zero-order valence-electron chi connectivity index (χ0n) is 15.8. The molecule has 3 aromatic carbocycles. The summed E-state index contributed by atoms with van der Waals surface area (Å²) < 4.78 is 12.1. The molecule has 0 aliphatic rings. The molecule has 1 unspecified atom stereocenters. The summed E-state index contributed by atoms with van der Waals surface area (Å²) >= 11 is 14.0. The minimum atomic E-state index is -0.869. The maximum absolute atomic E-state index is 11.2. The van der Waals surface area contributed by atoms with Crippen molar-refractivity contribution in [2.45, 2.75) is 13.0 Å². The molecule has 30 heavy (non-hydrogen) atoms. The molecular weight excluding hydrogens is 443 g/mol. The molecule has 5 nitrogen and oxygen atoms in total. The average molecular weight is 459 g/mol. The summed E-state index contributed by atoms with van der Waals surface area (Å²) in [6.45, 7) is 1.90. The molecule has 0 saturated heterocycles. The SMILES string of the molecule is CC(Oc1ccc2nc(-c3ccccc3OC(N)=O)sc2c1)c1c(Cl)cccc1Cl. The van der Waals surface area contributed by atoms with Crippen LogP contribution in [-0.2, 0) is 0 Å². The summed E-state index contributed by atoms with van der Waals surface area (Å²) in [6.07, 6.45) is -1.20. The van der Waals surface area contributed by atoms with Crippen molar-refractivity contribution in [3.8, 4) is 22.1 Å². The Morgan fingerprint density at radius 3 is 2.53 bits per heavy atom. The van der Waals surface area contributed by atoms with Crippen LogP contribution >= 0.6 is 34.5 Å². The molecule has 0 saturated carbocycles. The highest BCUT2D eigenvalue weighted by Crippen LogP contribution is 2.38. The number of amides is 1. The summed E-state index contributed by atoms with van der Waals surface area (Å²) in [6, 6.07) is 18.1. The van der Waals surface area contributed by atoms with Gasteiger partial charge < -0.3 is 15.2 Å². The van der Waals surface area contributed by atoms with E-state index in [0.29, 0.717) is 32.1 Å². The van der Waals surface area contributed by atoms with Crippen LogP contribution in [0.3, 0.4) is 0 Å². The normalized spacial score (nSPS) is 12.0. The molecule has 1 aromatic heterocycles. The monoisotopic (exact) mass is 458 g/mol. The van der Waals surface area contributed by atoms with Crippen LogP contribution in [0, 0.1) is 0 Å². The molecule has 0 radical (unpaired) electrons. The number of halogens is 2. The summed E-state index contributed by atoms with van der Waals surface area (Å²) in [5.41, 5.74) is 7.40. The average Bonchev–Trinajstić information content (AvgIpc) is 3.11. The Kier molecular flexibility index (Phi) is 5.81. The first-order chi connectivity index (χ1) is 14.4. The maximum atomic E-state index is 11.2. The third-order valence-electron chi connectivity index (χ3n) is 4.41. The fraction of sp³-hybridized carbons (Fsp3) is 0.0909. The van der Waals surface area contributed by atoms with Crippen molar-refractivity contribution in [3.63, 3.8) is 0 Å². The van der Waals surface area contributed by atoms with Gasteiger partial charge in [-0.3, -0.25) is 0 Å². The number of ether oxygens (including phenoxy) is 2. The van der Waals surface area contributed by atoms with E-state index in [1.54, 1.807) is 30.3 Å². The van der Waals surface area contributed by atoms with E-state index in [2.05, 4.69) is 4.98 Å². The van der Waals surface area contributed by atoms with Gasteiger partial charge in [-0.2, -0.15) is 0 Å². The first-order valence-corrected chi connectivity index (χ1v) is 10.6. The Morgan fingerprint density at radius 1 is 1.07 bits per heavy atom. The van der Waals surface area contributed by atoms with E-state index >= 15 is 0 Å². The van der Waals surface area contributed by atoms with Gasteiger partial charge in [0.25, 0.3) is 0 Å². The zero-order chi connectivity index (χ0) is 21.3. The Morgan fingerprint density at radius 2 is 1.80 bits per heavy atom. The number of carbonyl (C=O) groups excluding carboxylic acids is 1. The Bertz CT molecular complexity index is 1220. The minimum Gasteiger partial charge on any atom is -0.486 e. The van der Waals surface area contributed by atoms with Crippen LogP contribution in [0.4, 0.5) is 4.79 Å². The predicted octanol–water partition coefficient (Wildman–Crippen LogP) is 6.87. The predicted molar refractivity (Wildman–Crippen MR) is 121 cm³/mol. The molecule has 4 aromatic rings. The van der Waals surface area contributed by atoms with Crippen molar-refractivity contribution in [3.05, 3.63) is 76.3 Å². The second-order valence-corrected chi connectivity index (χ2v) is 8.31. The minimum absolute atomic E-state index is 0.333. The summed E-state index contributed by atoms with van der Waals surface area (Å²) in [4.78, 5) is 15.8. The van der Waals surface area contributed by atoms with E-state index in [1.165, 1.54) is 11.3 Å². The lowest BCUT2D eigenvalue weighted by Gasteiger charge is -2.17. The lowest BCUT2D eigenvalue weighted by Crippen LogP contribution is -2.16. The molecule has 0 aliphatic heterocycles. The van der Waals surface area contributed by atoms with Gasteiger partial charge in [-0.1, -0.05) is 41.4 Å². The fourth-order valence-corrected chi connectivity index (χ4v) is 4.83. The number of aromatic nitrogens is 1. The molecule has 2 N–H and O–H groups in total. The van der Waals surface area contributed by atoms with Gasteiger partial charge >= 0.3 is 6.09 Å². The third kappa shape index (κ3) is 4.21. The van der Waals surface area contributed by atoms with E-state index in [9.17, 15) is 4.79 Å². The number of nitrogens with zero attached hydrogens (tertiary/aromatic N) is 1. The van der Waals surface area contributed by atoms with Gasteiger partial charge in [0.15, 0.2) is 0 Å². The quantitative estimate of drug-likeness (QED) is 0.354. The molecule has 1 amide bonds. The molecule has 8 heteroatoms. The highest BCUT2D eigenvalue weighted by molar-refractivity contribution is 7.21. The van der Waals surface area contributed by atoms with Gasteiger partial charge in [-0.15, -0.1) is 11.3 Å². The second-order valence-electron chi connectivity index (χ2n) is 6.46. The van der Waals surface area contributed by atoms with Crippen LogP contribution in [0.1, 0.15) is 18.6 Å². The van der Waals surface area contributed by atoms with Gasteiger partial charge in [0.05, 0.1) is 15.8 Å². The van der Waals surface area contributed by atoms with Crippen molar-refractivity contribution in [1.29, 1.82) is 0 Å². The van der Waals surface area contributed by atoms with Crippen molar-refractivity contribution in [1.82, 2.24) is 4.98 Å². The zero-order valence-corrected chi connectivity index (χ0v) is 18.1. The van der Waals surface area contributed by atoms with Gasteiger partial charge in [0, 0.05) is 15.6 Å². The molecule has 0 fully saturated rings. The summed E-state index contributed by atoms with van der Waals surface area (Å²) in [7, 11) is 0. The Hall–Kier alpha value is -2.80. The number of rotatable bonds is 5. The Balaban J connectivity index is 1.65. The molecule has 1 heterocycles. The number of primary amides is 1. The smallest absolute Gasteiger partial charge is 0.409 e. The van der Waals surface area contributed by atoms with Crippen molar-refractivity contribution in [2.24, 2.45) is 5.73 Å². The van der Waals surface area contributed by atoms with E-state index < -0.39 is 6.09 Å². The van der Waals surface area contributed by atoms with Crippen LogP contribution in [0.25, 0.3) is 20.8 Å². The fourth-order valence-electron chi connectivity index (χ4n) is 3.10. The summed E-state index contributed by atoms with van der Waals surface area (Å²) in [5.74, 6) is 1.03. The number of fused-ring (bicyclic) bond motifs is 1. The number of nitrogens with two attached hydrogens (primary N) is 1. The topological polar surface area (TPSA) is 74.4 Å². The number of benzene rings is 3. The van der Waals surface area contributed by atoms with Crippen LogP contribution in [0.15, 0.2) is 60.7 Å². The van der Waals surface area contributed by atoms with Gasteiger partial charge in [0.2, 0.25) is 0 Å². The van der Waals surface area contributed by atoms with E-state index in [4.69, 9.17) is 38.4 Å². The molecule has 152 valence electrons. The maximum Gasteiger partial charge on any atom is 0.409 e. The molecular formula is C22H16Cl2N2O3S. The van der Waals surface area contributed by atoms with Gasteiger partial charge in [-0.05, 0) is 49.4 Å². The standard InChI is InChI=1S/C22H16Cl2N2O3S/c1-12(20-15(23)6-4-7-16(20)24)28-13-9-10-17-19(11-13)30-21(26-17)14-5-2-3-8-18(14)29-22(25)27/h2-12H,1H3,(H2,25,27). The lowest BCUT2D eigenvalue weighted by molar-refractivity contribution is 0.211. The van der Waals surface area contributed by atoms with Crippen LogP contribution in [-0.4, -0.2) is 11.1 Å². The van der Waals surface area contributed by atoms with Gasteiger partial charge in [0.1, 0.15) is 22.6 Å². The number of carbonyl (C=O) groups is 1. The van der Waals surface area contributed by atoms with Crippen LogP contribution < -0.4 is 15.2 Å². The third-order valence-corrected chi connectivity index (χ3v) is 6.12. The summed E-state index contributed by atoms with van der Waals surface area (Å²) in [5, 5.41) is 1.82. The lowest BCUT2D eigenvalue weighted by atomic mass is 10.1. The van der Waals surface area contributed by atoms with E-state index in [0.717, 1.165) is 15.8 Å². The number of hydrogen-bond donors (Lipinski definition) is 1. The Labute approximate surface area is 187 Å². The van der Waals surface area contributed by atoms with Gasteiger partial charge in [-0.25, -0.2) is 9.78 Å². The van der Waals surface area contributed by atoms with Crippen LogP contribution in [0.2, 0.25) is 10.0 Å². The first-order valence-electron chi connectivity index (χ1n) is 9.00. The molecule has 0 aliphatic carbocycles. The van der Waals surface area contributed by atoms with E-state index in [1.807, 2.05) is 37.3 Å². The molecule has 1 atom stereocenters. The second kappa shape index (κ2) is 8.52. The molecule has 0 bridgehead atoms. The van der Waals surface area contributed by atoms with E-state index in [-0.39, 0.29) is 6.10 Å². The number of hydrogen-bond acceptors (Lipinski definition) is 5. The van der Waals surface area contributed by atoms with Crippen LogP contribution in [0.5, 0.6) is 11.5 Å². The van der Waals surface area contributed by atoms with Crippen molar-refractivity contribution < 1.29 is 14.3 Å². The van der Waals surface area contributed by atoms with Crippen molar-refractivity contribution >= 4 is 50.8 Å². The van der Waals surface area contributed by atoms with Crippen molar-refractivity contribution in [2.75, 3.05) is 0 Å². The molecule has 0 spiro atoms. The highest BCUT2D eigenvalue weighted by atomic mass is 35.5. The number of para-hydroxylation sites is 1. The largest absolute Gasteiger partial charge is 0.486 e. The first kappa shape index (κ1) is 20.5. The number of thiazole rings is 1.